The van der Waals surface area contributed by atoms with Crippen LogP contribution in [0.3, 0.4) is 0 Å². The van der Waals surface area contributed by atoms with Crippen molar-refractivity contribution in [1.29, 1.82) is 0 Å². The highest BCUT2D eigenvalue weighted by molar-refractivity contribution is 5.29. The van der Waals surface area contributed by atoms with Gasteiger partial charge < -0.3 is 15.2 Å². The van der Waals surface area contributed by atoms with Crippen molar-refractivity contribution in [1.82, 2.24) is 0 Å². The van der Waals surface area contributed by atoms with Crippen LogP contribution in [0.5, 0.6) is 5.75 Å². The van der Waals surface area contributed by atoms with Gasteiger partial charge in [0.05, 0.1) is 6.10 Å². The van der Waals surface area contributed by atoms with Crippen molar-refractivity contribution in [3.8, 4) is 5.75 Å². The SMILES string of the molecule is CC(N)Cc1ccc(OCC2CCCO2)c(F)c1. The molecule has 2 atom stereocenters. The van der Waals surface area contributed by atoms with Crippen LogP contribution in [0.1, 0.15) is 25.3 Å². The van der Waals surface area contributed by atoms with Crippen molar-refractivity contribution >= 4 is 0 Å². The van der Waals surface area contributed by atoms with E-state index >= 15 is 0 Å². The Bertz CT molecular complexity index is 389. The first-order valence-electron chi connectivity index (χ1n) is 6.43. The standard InChI is InChI=1S/C14H20FNO2/c1-10(16)7-11-4-5-14(13(15)8-11)18-9-12-3-2-6-17-12/h4-5,8,10,12H,2-3,6-7,9,16H2,1H3. The summed E-state index contributed by atoms with van der Waals surface area (Å²) < 4.78 is 24.6. The molecule has 3 nitrogen and oxygen atoms in total. The lowest BCUT2D eigenvalue weighted by atomic mass is 10.1. The number of hydrogen-bond donors (Lipinski definition) is 1. The van der Waals surface area contributed by atoms with Gasteiger partial charge in [0.25, 0.3) is 0 Å². The number of benzene rings is 1. The van der Waals surface area contributed by atoms with Gasteiger partial charge in [0.15, 0.2) is 11.6 Å². The van der Waals surface area contributed by atoms with Gasteiger partial charge in [-0.25, -0.2) is 4.39 Å². The molecule has 1 aliphatic rings. The van der Waals surface area contributed by atoms with Gasteiger partial charge in [-0.05, 0) is 43.9 Å². The molecule has 4 heteroatoms. The average molecular weight is 253 g/mol. The van der Waals surface area contributed by atoms with E-state index in [0.717, 1.165) is 25.0 Å². The Morgan fingerprint density at radius 3 is 3.00 bits per heavy atom. The van der Waals surface area contributed by atoms with Crippen LogP contribution >= 0.6 is 0 Å². The zero-order chi connectivity index (χ0) is 13.0. The van der Waals surface area contributed by atoms with Gasteiger partial charge in [0, 0.05) is 12.6 Å². The molecule has 100 valence electrons. The highest BCUT2D eigenvalue weighted by atomic mass is 19.1. The van der Waals surface area contributed by atoms with Gasteiger partial charge in [-0.1, -0.05) is 6.07 Å². The predicted octanol–water partition coefficient (Wildman–Crippen LogP) is 2.27. The lowest BCUT2D eigenvalue weighted by molar-refractivity contribution is 0.0665. The third kappa shape index (κ3) is 3.68. The topological polar surface area (TPSA) is 44.5 Å². The first kappa shape index (κ1) is 13.3. The zero-order valence-electron chi connectivity index (χ0n) is 10.7. The Morgan fingerprint density at radius 1 is 1.56 bits per heavy atom. The van der Waals surface area contributed by atoms with Crippen molar-refractivity contribution in [2.75, 3.05) is 13.2 Å². The largest absolute Gasteiger partial charge is 0.488 e. The van der Waals surface area contributed by atoms with Gasteiger partial charge in [-0.15, -0.1) is 0 Å². The van der Waals surface area contributed by atoms with Crippen LogP contribution in [0, 0.1) is 5.82 Å². The molecule has 0 aromatic heterocycles. The predicted molar refractivity (Wildman–Crippen MR) is 68.2 cm³/mol. The Kier molecular flexibility index (Phi) is 4.55. The van der Waals surface area contributed by atoms with Crippen LogP contribution in [0.15, 0.2) is 18.2 Å². The third-order valence-electron chi connectivity index (χ3n) is 3.00. The number of hydrogen-bond acceptors (Lipinski definition) is 3. The average Bonchev–Trinajstić information content (AvgIpc) is 2.80. The molecule has 1 aromatic rings. The molecule has 0 saturated carbocycles. The summed E-state index contributed by atoms with van der Waals surface area (Å²) in [7, 11) is 0. The summed E-state index contributed by atoms with van der Waals surface area (Å²) in [6.07, 6.45) is 2.82. The van der Waals surface area contributed by atoms with Crippen molar-refractivity contribution < 1.29 is 13.9 Å². The van der Waals surface area contributed by atoms with Crippen LogP contribution in [0.4, 0.5) is 4.39 Å². The molecule has 0 bridgehead atoms. The summed E-state index contributed by atoms with van der Waals surface area (Å²) in [6.45, 7) is 3.10. The molecular weight excluding hydrogens is 233 g/mol. The smallest absolute Gasteiger partial charge is 0.165 e. The normalized spacial score (nSPS) is 20.9. The molecule has 0 amide bonds. The molecule has 0 aliphatic carbocycles. The molecule has 18 heavy (non-hydrogen) atoms. The first-order valence-corrected chi connectivity index (χ1v) is 6.43. The van der Waals surface area contributed by atoms with Gasteiger partial charge in [0.2, 0.25) is 0 Å². The minimum Gasteiger partial charge on any atom is -0.488 e. The fourth-order valence-electron chi connectivity index (χ4n) is 2.12. The monoisotopic (exact) mass is 253 g/mol. The minimum absolute atomic E-state index is 0.0306. The highest BCUT2D eigenvalue weighted by Gasteiger charge is 2.17. The van der Waals surface area contributed by atoms with Crippen molar-refractivity contribution in [3.05, 3.63) is 29.6 Å². The molecule has 1 saturated heterocycles. The minimum atomic E-state index is -0.328. The van der Waals surface area contributed by atoms with Crippen molar-refractivity contribution in [3.63, 3.8) is 0 Å². The maximum atomic E-state index is 13.8. The fraction of sp³-hybridized carbons (Fsp3) is 0.571. The molecule has 0 radical (unpaired) electrons. The van der Waals surface area contributed by atoms with Crippen LogP contribution in [0.25, 0.3) is 0 Å². The number of nitrogens with two attached hydrogens (primary N) is 1. The van der Waals surface area contributed by atoms with E-state index in [1.165, 1.54) is 6.07 Å². The van der Waals surface area contributed by atoms with Crippen LogP contribution < -0.4 is 10.5 Å². The second-order valence-corrected chi connectivity index (χ2v) is 4.89. The summed E-state index contributed by atoms with van der Waals surface area (Å²) in [6, 6.07) is 5.05. The first-order chi connectivity index (χ1) is 8.65. The second-order valence-electron chi connectivity index (χ2n) is 4.89. The molecule has 2 N–H and O–H groups in total. The molecule has 1 aromatic carbocycles. The Hall–Kier alpha value is -1.13. The zero-order valence-corrected chi connectivity index (χ0v) is 10.7. The third-order valence-corrected chi connectivity index (χ3v) is 3.00. The molecule has 1 aliphatic heterocycles. The van der Waals surface area contributed by atoms with Crippen LogP contribution in [0.2, 0.25) is 0 Å². The van der Waals surface area contributed by atoms with Gasteiger partial charge in [-0.2, -0.15) is 0 Å². The van der Waals surface area contributed by atoms with E-state index in [0.29, 0.717) is 18.8 Å². The van der Waals surface area contributed by atoms with Gasteiger partial charge in [0.1, 0.15) is 6.61 Å². The highest BCUT2D eigenvalue weighted by Crippen LogP contribution is 2.21. The van der Waals surface area contributed by atoms with E-state index in [9.17, 15) is 4.39 Å². The number of rotatable bonds is 5. The maximum Gasteiger partial charge on any atom is 0.165 e. The van der Waals surface area contributed by atoms with E-state index in [4.69, 9.17) is 15.2 Å². The Balaban J connectivity index is 1.92. The molecule has 2 unspecified atom stereocenters. The summed E-state index contributed by atoms with van der Waals surface area (Å²) in [5.74, 6) is -0.0370. The van der Waals surface area contributed by atoms with Gasteiger partial charge in [-0.3, -0.25) is 0 Å². The molecule has 1 heterocycles. The number of halogens is 1. The molecule has 0 spiro atoms. The summed E-state index contributed by atoms with van der Waals surface area (Å²) in [5, 5.41) is 0. The Morgan fingerprint density at radius 2 is 2.39 bits per heavy atom. The molecule has 1 fully saturated rings. The lowest BCUT2D eigenvalue weighted by Gasteiger charge is -2.13. The maximum absolute atomic E-state index is 13.8. The van der Waals surface area contributed by atoms with Crippen LogP contribution in [-0.4, -0.2) is 25.4 Å². The van der Waals surface area contributed by atoms with E-state index < -0.39 is 0 Å². The van der Waals surface area contributed by atoms with Crippen molar-refractivity contribution in [2.45, 2.75) is 38.3 Å². The second kappa shape index (κ2) is 6.16. The summed E-state index contributed by atoms with van der Waals surface area (Å²) in [4.78, 5) is 0. The number of ether oxygens (including phenoxy) is 2. The van der Waals surface area contributed by atoms with E-state index in [-0.39, 0.29) is 18.0 Å². The van der Waals surface area contributed by atoms with Crippen molar-refractivity contribution in [2.24, 2.45) is 5.73 Å². The summed E-state index contributed by atoms with van der Waals surface area (Å²) in [5.41, 5.74) is 6.58. The summed E-state index contributed by atoms with van der Waals surface area (Å²) >= 11 is 0. The van der Waals surface area contributed by atoms with E-state index in [1.54, 1.807) is 6.07 Å². The fourth-order valence-corrected chi connectivity index (χ4v) is 2.12. The molecule has 2 rings (SSSR count). The Labute approximate surface area is 107 Å². The van der Waals surface area contributed by atoms with Gasteiger partial charge >= 0.3 is 0 Å². The quantitative estimate of drug-likeness (QED) is 0.875. The van der Waals surface area contributed by atoms with E-state index in [2.05, 4.69) is 0 Å². The van der Waals surface area contributed by atoms with Crippen LogP contribution in [-0.2, 0) is 11.2 Å². The lowest BCUT2D eigenvalue weighted by Crippen LogP contribution is -2.18. The molecular formula is C14H20FNO2. The van der Waals surface area contributed by atoms with E-state index in [1.807, 2.05) is 13.0 Å².